The molecule has 4 nitrogen and oxygen atoms in total. The monoisotopic (exact) mass is 263 g/mol. The number of carboxylic acid groups (broad SMARTS) is 1. The maximum atomic E-state index is 12.5. The molecule has 6 atom stereocenters. The van der Waals surface area contributed by atoms with Gasteiger partial charge in [-0.15, -0.1) is 0 Å². The summed E-state index contributed by atoms with van der Waals surface area (Å²) in [6, 6.07) is 0.338. The number of nitrogens with one attached hydrogen (secondary N) is 1. The van der Waals surface area contributed by atoms with Crippen molar-refractivity contribution in [3.05, 3.63) is 0 Å². The molecule has 19 heavy (non-hydrogen) atoms. The molecule has 4 aliphatic carbocycles. The minimum Gasteiger partial charge on any atom is -0.481 e. The van der Waals surface area contributed by atoms with Crippen LogP contribution in [0.15, 0.2) is 0 Å². The molecule has 0 unspecified atom stereocenters. The first-order chi connectivity index (χ1) is 9.00. The lowest BCUT2D eigenvalue weighted by molar-refractivity contribution is -0.146. The summed E-state index contributed by atoms with van der Waals surface area (Å²) >= 11 is 0. The number of amides is 1. The highest BCUT2D eigenvalue weighted by Crippen LogP contribution is 2.74. The van der Waals surface area contributed by atoms with Crippen molar-refractivity contribution in [1.29, 1.82) is 0 Å². The van der Waals surface area contributed by atoms with E-state index < -0.39 is 16.8 Å². The maximum absolute atomic E-state index is 12.5. The average Bonchev–Trinajstić information content (AvgIpc) is 3.28. The molecule has 104 valence electrons. The summed E-state index contributed by atoms with van der Waals surface area (Å²) in [5.74, 6) is 1.59. The largest absolute Gasteiger partial charge is 0.481 e. The number of carbonyl (C=O) groups excluding carboxylic acids is 1. The Hall–Kier alpha value is -1.06. The molecule has 0 aromatic rings. The lowest BCUT2D eigenvalue weighted by Crippen LogP contribution is -2.37. The van der Waals surface area contributed by atoms with Crippen molar-refractivity contribution >= 4 is 11.9 Å². The summed E-state index contributed by atoms with van der Waals surface area (Å²) in [7, 11) is 0. The van der Waals surface area contributed by atoms with Crippen molar-refractivity contribution in [3.63, 3.8) is 0 Å². The predicted octanol–water partition coefficient (Wildman–Crippen LogP) is 1.79. The van der Waals surface area contributed by atoms with Gasteiger partial charge in [0.25, 0.3) is 0 Å². The Morgan fingerprint density at radius 3 is 2.42 bits per heavy atom. The van der Waals surface area contributed by atoms with Crippen LogP contribution in [0.3, 0.4) is 0 Å². The zero-order valence-electron chi connectivity index (χ0n) is 11.3. The first-order valence-corrected chi connectivity index (χ1v) is 7.55. The van der Waals surface area contributed by atoms with Gasteiger partial charge in [0.15, 0.2) is 0 Å². The minimum atomic E-state index is -0.761. The van der Waals surface area contributed by atoms with Gasteiger partial charge in [-0.05, 0) is 49.9 Å². The third-order valence-electron chi connectivity index (χ3n) is 6.32. The van der Waals surface area contributed by atoms with E-state index in [4.69, 9.17) is 0 Å². The standard InChI is InChI=1S/C15H21NO3/c1-8-5-9(8)10-6-11(10)16-12(17)14-3-2-4-15(14,7-14)13(18)19/h8-11H,2-7H2,1H3,(H,16,17)(H,18,19)/t8-,9-,10+,11-,14+,15-/m1/s1. The molecule has 4 fully saturated rings. The van der Waals surface area contributed by atoms with Crippen LogP contribution in [0.1, 0.15) is 45.4 Å². The number of carbonyl (C=O) groups is 2. The van der Waals surface area contributed by atoms with Crippen LogP contribution in [-0.4, -0.2) is 23.0 Å². The third-order valence-corrected chi connectivity index (χ3v) is 6.32. The van der Waals surface area contributed by atoms with Gasteiger partial charge in [-0.2, -0.15) is 0 Å². The minimum absolute atomic E-state index is 0.0354. The fraction of sp³-hybridized carbons (Fsp3) is 0.867. The van der Waals surface area contributed by atoms with Crippen LogP contribution in [-0.2, 0) is 9.59 Å². The normalized spacial score (nSPS) is 53.3. The van der Waals surface area contributed by atoms with E-state index in [9.17, 15) is 14.7 Å². The molecule has 0 heterocycles. The zero-order chi connectivity index (χ0) is 13.4. The lowest BCUT2D eigenvalue weighted by atomic mass is 9.95. The number of fused-ring (bicyclic) bond motifs is 1. The van der Waals surface area contributed by atoms with Crippen molar-refractivity contribution < 1.29 is 14.7 Å². The van der Waals surface area contributed by atoms with E-state index in [1.807, 2.05) is 0 Å². The molecule has 0 bridgehead atoms. The van der Waals surface area contributed by atoms with Gasteiger partial charge < -0.3 is 10.4 Å². The van der Waals surface area contributed by atoms with Crippen LogP contribution in [0.5, 0.6) is 0 Å². The van der Waals surface area contributed by atoms with Crippen molar-refractivity contribution in [2.24, 2.45) is 28.6 Å². The highest BCUT2D eigenvalue weighted by atomic mass is 16.4. The maximum Gasteiger partial charge on any atom is 0.310 e. The third kappa shape index (κ3) is 1.40. The molecule has 4 heteroatoms. The molecule has 4 aliphatic rings. The Labute approximate surface area is 112 Å². The van der Waals surface area contributed by atoms with Gasteiger partial charge >= 0.3 is 5.97 Å². The van der Waals surface area contributed by atoms with Gasteiger partial charge in [-0.25, -0.2) is 0 Å². The van der Waals surface area contributed by atoms with E-state index in [0.29, 0.717) is 24.8 Å². The van der Waals surface area contributed by atoms with E-state index in [0.717, 1.165) is 31.1 Å². The second-order valence-corrected chi connectivity index (χ2v) is 7.36. The Morgan fingerprint density at radius 1 is 1.16 bits per heavy atom. The van der Waals surface area contributed by atoms with Crippen LogP contribution >= 0.6 is 0 Å². The van der Waals surface area contributed by atoms with Crippen LogP contribution < -0.4 is 5.32 Å². The van der Waals surface area contributed by atoms with Gasteiger partial charge in [0.1, 0.15) is 0 Å². The predicted molar refractivity (Wildman–Crippen MR) is 68.3 cm³/mol. The molecule has 0 radical (unpaired) electrons. The van der Waals surface area contributed by atoms with E-state index in [2.05, 4.69) is 12.2 Å². The molecular formula is C15H21NO3. The molecule has 4 rings (SSSR count). The van der Waals surface area contributed by atoms with E-state index >= 15 is 0 Å². The Kier molecular flexibility index (Phi) is 2.06. The summed E-state index contributed by atoms with van der Waals surface area (Å²) in [5, 5.41) is 12.5. The summed E-state index contributed by atoms with van der Waals surface area (Å²) in [6.07, 6.45) is 5.32. The Bertz CT molecular complexity index is 476. The summed E-state index contributed by atoms with van der Waals surface area (Å²) in [5.41, 5.74) is -1.27. The van der Waals surface area contributed by atoms with Crippen LogP contribution in [0.4, 0.5) is 0 Å². The number of hydrogen-bond acceptors (Lipinski definition) is 2. The van der Waals surface area contributed by atoms with Crippen LogP contribution in [0.2, 0.25) is 0 Å². The molecule has 0 spiro atoms. The summed E-state index contributed by atoms with van der Waals surface area (Å²) in [4.78, 5) is 23.9. The second kappa shape index (κ2) is 3.33. The topological polar surface area (TPSA) is 66.4 Å². The van der Waals surface area contributed by atoms with Gasteiger partial charge in [0, 0.05) is 6.04 Å². The number of aliphatic carboxylic acids is 1. The summed E-state index contributed by atoms with van der Waals surface area (Å²) in [6.45, 7) is 2.27. The highest BCUT2D eigenvalue weighted by Gasteiger charge is 2.78. The van der Waals surface area contributed by atoms with Crippen molar-refractivity contribution in [2.75, 3.05) is 0 Å². The molecule has 0 saturated heterocycles. The smallest absolute Gasteiger partial charge is 0.310 e. The Morgan fingerprint density at radius 2 is 1.84 bits per heavy atom. The van der Waals surface area contributed by atoms with Crippen LogP contribution in [0, 0.1) is 28.6 Å². The highest BCUT2D eigenvalue weighted by molar-refractivity contribution is 5.97. The first-order valence-electron chi connectivity index (χ1n) is 7.55. The molecular weight excluding hydrogens is 242 g/mol. The fourth-order valence-electron chi connectivity index (χ4n) is 4.72. The lowest BCUT2D eigenvalue weighted by Gasteiger charge is -2.15. The van der Waals surface area contributed by atoms with E-state index in [-0.39, 0.29) is 5.91 Å². The van der Waals surface area contributed by atoms with E-state index in [1.54, 1.807) is 0 Å². The van der Waals surface area contributed by atoms with Gasteiger partial charge in [-0.3, -0.25) is 9.59 Å². The van der Waals surface area contributed by atoms with Gasteiger partial charge in [0.2, 0.25) is 5.91 Å². The molecule has 4 saturated carbocycles. The first kappa shape index (κ1) is 11.7. The number of rotatable bonds is 4. The number of carboxylic acids is 1. The average molecular weight is 263 g/mol. The molecule has 1 amide bonds. The SMILES string of the molecule is C[C@@H]1C[C@H]1[C@@H]1C[C@H]1NC(=O)[C@@]12CCC[C@]1(C(=O)O)C2. The molecule has 0 aliphatic heterocycles. The Balaban J connectivity index is 1.41. The van der Waals surface area contributed by atoms with Crippen molar-refractivity contribution in [1.82, 2.24) is 5.32 Å². The number of hydrogen-bond donors (Lipinski definition) is 2. The fourth-order valence-corrected chi connectivity index (χ4v) is 4.72. The second-order valence-electron chi connectivity index (χ2n) is 7.36. The van der Waals surface area contributed by atoms with Crippen molar-refractivity contribution in [2.45, 2.75) is 51.5 Å². The van der Waals surface area contributed by atoms with Gasteiger partial charge in [-0.1, -0.05) is 13.3 Å². The molecule has 0 aromatic heterocycles. The summed E-state index contributed by atoms with van der Waals surface area (Å²) < 4.78 is 0. The van der Waals surface area contributed by atoms with Crippen molar-refractivity contribution in [3.8, 4) is 0 Å². The van der Waals surface area contributed by atoms with Crippen LogP contribution in [0.25, 0.3) is 0 Å². The zero-order valence-corrected chi connectivity index (χ0v) is 11.3. The quantitative estimate of drug-likeness (QED) is 0.812. The molecule has 2 N–H and O–H groups in total. The molecule has 0 aromatic carbocycles. The van der Waals surface area contributed by atoms with Gasteiger partial charge in [0.05, 0.1) is 10.8 Å². The van der Waals surface area contributed by atoms with E-state index in [1.165, 1.54) is 6.42 Å².